The van der Waals surface area contributed by atoms with Crippen LogP contribution in [0.25, 0.3) is 0 Å². The summed E-state index contributed by atoms with van der Waals surface area (Å²) in [5.74, 6) is 2.19. The summed E-state index contributed by atoms with van der Waals surface area (Å²) in [5, 5.41) is 0. The lowest BCUT2D eigenvalue weighted by Crippen LogP contribution is -2.11. The molecule has 23 heavy (non-hydrogen) atoms. The topological polar surface area (TPSA) is 75.8 Å². The van der Waals surface area contributed by atoms with Gasteiger partial charge in [-0.25, -0.2) is 0 Å². The minimum atomic E-state index is 0.151. The zero-order valence-electron chi connectivity index (χ0n) is 13.7. The SMILES string of the molecule is COCOc1c(C)ncc(COc2ccc(OC)cc2)c1CN. The minimum absolute atomic E-state index is 0.151. The fourth-order valence-corrected chi connectivity index (χ4v) is 2.17. The molecular weight excluding hydrogens is 296 g/mol. The van der Waals surface area contributed by atoms with Gasteiger partial charge in [0.1, 0.15) is 23.9 Å². The molecule has 0 radical (unpaired) electrons. The number of hydrogen-bond donors (Lipinski definition) is 1. The van der Waals surface area contributed by atoms with Crippen LogP contribution in [-0.4, -0.2) is 26.0 Å². The van der Waals surface area contributed by atoms with Gasteiger partial charge >= 0.3 is 0 Å². The van der Waals surface area contributed by atoms with Crippen molar-refractivity contribution in [3.05, 3.63) is 47.3 Å². The Labute approximate surface area is 136 Å². The Hall–Kier alpha value is -2.31. The van der Waals surface area contributed by atoms with Crippen molar-refractivity contribution >= 4 is 0 Å². The molecule has 0 saturated heterocycles. The van der Waals surface area contributed by atoms with Gasteiger partial charge in [-0.1, -0.05) is 0 Å². The zero-order valence-corrected chi connectivity index (χ0v) is 13.7. The maximum atomic E-state index is 5.88. The quantitative estimate of drug-likeness (QED) is 0.753. The number of nitrogens with two attached hydrogens (primary N) is 1. The van der Waals surface area contributed by atoms with Crippen LogP contribution in [0.5, 0.6) is 17.2 Å². The molecule has 6 heteroatoms. The molecule has 0 unspecified atom stereocenters. The Morgan fingerprint density at radius 2 is 1.74 bits per heavy atom. The van der Waals surface area contributed by atoms with Gasteiger partial charge in [-0.05, 0) is 31.2 Å². The molecule has 0 aliphatic rings. The van der Waals surface area contributed by atoms with Crippen LogP contribution in [0.2, 0.25) is 0 Å². The first-order chi connectivity index (χ1) is 11.2. The van der Waals surface area contributed by atoms with Crippen molar-refractivity contribution < 1.29 is 18.9 Å². The molecule has 0 atom stereocenters. The number of nitrogens with zero attached hydrogens (tertiary/aromatic N) is 1. The average molecular weight is 318 g/mol. The number of benzene rings is 1. The summed E-state index contributed by atoms with van der Waals surface area (Å²) in [6.07, 6.45) is 1.76. The highest BCUT2D eigenvalue weighted by molar-refractivity contribution is 5.42. The highest BCUT2D eigenvalue weighted by atomic mass is 16.7. The van der Waals surface area contributed by atoms with Crippen molar-refractivity contribution in [1.29, 1.82) is 0 Å². The molecule has 124 valence electrons. The maximum Gasteiger partial charge on any atom is 0.188 e. The van der Waals surface area contributed by atoms with Crippen molar-refractivity contribution in [2.24, 2.45) is 5.73 Å². The van der Waals surface area contributed by atoms with E-state index in [0.29, 0.717) is 18.9 Å². The van der Waals surface area contributed by atoms with Crippen LogP contribution >= 0.6 is 0 Å². The van der Waals surface area contributed by atoms with Crippen molar-refractivity contribution in [3.8, 4) is 17.2 Å². The first-order valence-electron chi connectivity index (χ1n) is 7.25. The first kappa shape index (κ1) is 17.1. The van der Waals surface area contributed by atoms with Gasteiger partial charge < -0.3 is 24.7 Å². The number of hydrogen-bond acceptors (Lipinski definition) is 6. The van der Waals surface area contributed by atoms with Gasteiger partial charge in [-0.3, -0.25) is 4.98 Å². The van der Waals surface area contributed by atoms with Crippen LogP contribution in [0.1, 0.15) is 16.8 Å². The van der Waals surface area contributed by atoms with E-state index in [4.69, 9.17) is 24.7 Å². The molecule has 0 aliphatic carbocycles. The lowest BCUT2D eigenvalue weighted by molar-refractivity contribution is 0.0494. The van der Waals surface area contributed by atoms with E-state index < -0.39 is 0 Å². The highest BCUT2D eigenvalue weighted by Crippen LogP contribution is 2.26. The van der Waals surface area contributed by atoms with E-state index in [2.05, 4.69) is 4.98 Å². The molecule has 0 bridgehead atoms. The zero-order chi connectivity index (χ0) is 16.7. The van der Waals surface area contributed by atoms with Crippen LogP contribution in [0.15, 0.2) is 30.5 Å². The molecule has 0 fully saturated rings. The molecule has 2 aromatic rings. The Kier molecular flexibility index (Phi) is 6.19. The Balaban J connectivity index is 2.14. The molecule has 2 N–H and O–H groups in total. The lowest BCUT2D eigenvalue weighted by Gasteiger charge is -2.16. The summed E-state index contributed by atoms with van der Waals surface area (Å²) in [4.78, 5) is 4.34. The minimum Gasteiger partial charge on any atom is -0.497 e. The van der Waals surface area contributed by atoms with Crippen LogP contribution in [-0.2, 0) is 17.9 Å². The number of aryl methyl sites for hydroxylation is 1. The summed E-state index contributed by atoms with van der Waals surface area (Å²) >= 11 is 0. The van der Waals surface area contributed by atoms with Gasteiger partial charge in [0.05, 0.1) is 12.8 Å². The lowest BCUT2D eigenvalue weighted by atomic mass is 10.1. The summed E-state index contributed by atoms with van der Waals surface area (Å²) in [6.45, 7) is 2.72. The second kappa shape index (κ2) is 8.36. The third-order valence-electron chi connectivity index (χ3n) is 3.38. The molecule has 0 spiro atoms. The molecular formula is C17H22N2O4. The number of methoxy groups -OCH3 is 2. The van der Waals surface area contributed by atoms with Gasteiger partial charge in [0.2, 0.25) is 0 Å². The molecule has 6 nitrogen and oxygen atoms in total. The van der Waals surface area contributed by atoms with E-state index in [1.807, 2.05) is 31.2 Å². The van der Waals surface area contributed by atoms with Crippen molar-refractivity contribution in [3.63, 3.8) is 0 Å². The molecule has 1 aromatic carbocycles. The fourth-order valence-electron chi connectivity index (χ4n) is 2.17. The third kappa shape index (κ3) is 4.34. The van der Waals surface area contributed by atoms with E-state index in [9.17, 15) is 0 Å². The van der Waals surface area contributed by atoms with Gasteiger partial charge in [-0.15, -0.1) is 0 Å². The summed E-state index contributed by atoms with van der Waals surface area (Å²) < 4.78 is 21.5. The standard InChI is InChI=1S/C17H22N2O4/c1-12-17(23-11-20-2)16(8-18)13(9-19-12)10-22-15-6-4-14(21-3)5-7-15/h4-7,9H,8,10-11,18H2,1-3H3. The van der Waals surface area contributed by atoms with Crippen molar-refractivity contribution in [2.45, 2.75) is 20.1 Å². The van der Waals surface area contributed by atoms with E-state index in [0.717, 1.165) is 28.3 Å². The van der Waals surface area contributed by atoms with Crippen LogP contribution < -0.4 is 19.9 Å². The van der Waals surface area contributed by atoms with Crippen LogP contribution in [0, 0.1) is 6.92 Å². The third-order valence-corrected chi connectivity index (χ3v) is 3.38. The molecule has 2 rings (SSSR count). The molecule has 0 aliphatic heterocycles. The van der Waals surface area contributed by atoms with Gasteiger partial charge in [0.15, 0.2) is 6.79 Å². The Morgan fingerprint density at radius 3 is 2.35 bits per heavy atom. The van der Waals surface area contributed by atoms with E-state index in [1.54, 1.807) is 20.4 Å². The molecule has 0 saturated carbocycles. The van der Waals surface area contributed by atoms with Crippen molar-refractivity contribution in [2.75, 3.05) is 21.0 Å². The maximum absolute atomic E-state index is 5.88. The Bertz CT molecular complexity index is 629. The van der Waals surface area contributed by atoms with E-state index in [-0.39, 0.29) is 6.79 Å². The molecule has 1 aromatic heterocycles. The van der Waals surface area contributed by atoms with Gasteiger partial charge in [0, 0.05) is 31.0 Å². The largest absolute Gasteiger partial charge is 0.497 e. The normalized spacial score (nSPS) is 10.4. The summed E-state index contributed by atoms with van der Waals surface area (Å²) in [6, 6.07) is 7.40. The smallest absolute Gasteiger partial charge is 0.188 e. The average Bonchev–Trinajstić information content (AvgIpc) is 2.59. The first-order valence-corrected chi connectivity index (χ1v) is 7.25. The predicted octanol–water partition coefficient (Wildman–Crippen LogP) is 2.42. The number of ether oxygens (including phenoxy) is 4. The second-order valence-electron chi connectivity index (χ2n) is 4.90. The van der Waals surface area contributed by atoms with E-state index in [1.165, 1.54) is 0 Å². The van der Waals surface area contributed by atoms with Crippen molar-refractivity contribution in [1.82, 2.24) is 4.98 Å². The van der Waals surface area contributed by atoms with Crippen LogP contribution in [0.3, 0.4) is 0 Å². The number of pyridine rings is 1. The number of aromatic nitrogens is 1. The molecule has 1 heterocycles. The van der Waals surface area contributed by atoms with Crippen LogP contribution in [0.4, 0.5) is 0 Å². The van der Waals surface area contributed by atoms with E-state index >= 15 is 0 Å². The van der Waals surface area contributed by atoms with Gasteiger partial charge in [-0.2, -0.15) is 0 Å². The number of rotatable bonds is 8. The summed E-state index contributed by atoms with van der Waals surface area (Å²) in [5.41, 5.74) is 8.42. The van der Waals surface area contributed by atoms with Gasteiger partial charge in [0.25, 0.3) is 0 Å². The highest BCUT2D eigenvalue weighted by Gasteiger charge is 2.13. The second-order valence-corrected chi connectivity index (χ2v) is 4.90. The fraction of sp³-hybridized carbons (Fsp3) is 0.353. The summed E-state index contributed by atoms with van der Waals surface area (Å²) in [7, 11) is 3.20. The predicted molar refractivity (Wildman–Crippen MR) is 86.7 cm³/mol. The monoisotopic (exact) mass is 318 g/mol. The Morgan fingerprint density at radius 1 is 1.04 bits per heavy atom. The molecule has 0 amide bonds.